The van der Waals surface area contributed by atoms with Crippen molar-refractivity contribution in [1.82, 2.24) is 19.5 Å². The number of H-pyrrole nitrogens is 1. The molecule has 4 atom stereocenters. The molecule has 146 valence electrons. The van der Waals surface area contributed by atoms with Crippen molar-refractivity contribution in [3.05, 3.63) is 16.7 Å². The molecule has 1 saturated heterocycles. The maximum absolute atomic E-state index is 12.2. The second kappa shape index (κ2) is 7.06. The first kappa shape index (κ1) is 18.9. The molecule has 12 heteroatoms. The highest BCUT2D eigenvalue weighted by Crippen LogP contribution is 2.32. The van der Waals surface area contributed by atoms with E-state index in [0.717, 1.165) is 0 Å². The van der Waals surface area contributed by atoms with Crippen molar-refractivity contribution in [2.75, 3.05) is 5.32 Å². The Labute approximate surface area is 151 Å². The fourth-order valence-electron chi connectivity index (χ4n) is 2.73. The number of nitrogens with zero attached hydrogens (tertiary/aromatic N) is 3. The highest BCUT2D eigenvalue weighted by molar-refractivity contribution is 5.91. The van der Waals surface area contributed by atoms with Crippen LogP contribution in [0.4, 0.5) is 5.95 Å². The van der Waals surface area contributed by atoms with Crippen LogP contribution in [0.5, 0.6) is 0 Å². The molecule has 27 heavy (non-hydrogen) atoms. The summed E-state index contributed by atoms with van der Waals surface area (Å²) in [5.74, 6) is -2.01. The van der Waals surface area contributed by atoms with Crippen LogP contribution in [0, 0.1) is 5.92 Å². The number of hydrogen-bond acceptors (Lipinski definition) is 8. The Morgan fingerprint density at radius 3 is 2.70 bits per heavy atom. The van der Waals surface area contributed by atoms with E-state index in [2.05, 4.69) is 20.3 Å². The number of ether oxygens (including phenoxy) is 1. The van der Waals surface area contributed by atoms with E-state index < -0.39 is 42.5 Å². The molecule has 0 bridgehead atoms. The number of imidazole rings is 1. The summed E-state index contributed by atoms with van der Waals surface area (Å²) < 4.78 is 6.66. The number of carboxylic acid groups (broad SMARTS) is 1. The van der Waals surface area contributed by atoms with Gasteiger partial charge < -0.3 is 20.1 Å². The molecule has 0 unspecified atom stereocenters. The van der Waals surface area contributed by atoms with E-state index in [-0.39, 0.29) is 28.9 Å². The van der Waals surface area contributed by atoms with Gasteiger partial charge in [-0.15, -0.1) is 0 Å². The molecule has 2 aromatic rings. The zero-order valence-corrected chi connectivity index (χ0v) is 14.5. The molecule has 2 aromatic heterocycles. The molecule has 1 aliphatic rings. The highest BCUT2D eigenvalue weighted by atomic mass is 16.6. The van der Waals surface area contributed by atoms with Crippen LogP contribution in [-0.4, -0.2) is 65.0 Å². The van der Waals surface area contributed by atoms with E-state index >= 15 is 0 Å². The zero-order chi connectivity index (χ0) is 19.9. The summed E-state index contributed by atoms with van der Waals surface area (Å²) in [7, 11) is 0. The van der Waals surface area contributed by atoms with E-state index in [0.29, 0.717) is 0 Å². The first-order valence-corrected chi connectivity index (χ1v) is 8.20. The first-order chi connectivity index (χ1) is 12.7. The second-order valence-corrected chi connectivity index (χ2v) is 6.53. The van der Waals surface area contributed by atoms with Crippen molar-refractivity contribution in [2.45, 2.75) is 44.8 Å². The molecule has 1 aliphatic heterocycles. The number of hydrogen-bond donors (Lipinski definition) is 5. The molecule has 0 saturated carbocycles. The smallest absolute Gasteiger partial charge is 0.306 e. The van der Waals surface area contributed by atoms with Gasteiger partial charge >= 0.3 is 5.97 Å². The maximum Gasteiger partial charge on any atom is 0.306 e. The van der Waals surface area contributed by atoms with Crippen LogP contribution < -0.4 is 10.9 Å². The van der Waals surface area contributed by atoms with Gasteiger partial charge in [0.15, 0.2) is 17.4 Å². The number of fused-ring (bicyclic) bond motifs is 1. The van der Waals surface area contributed by atoms with Crippen molar-refractivity contribution in [3.8, 4) is 0 Å². The molecule has 0 aliphatic carbocycles. The third kappa shape index (κ3) is 3.54. The Bertz CT molecular complexity index is 936. The fourth-order valence-corrected chi connectivity index (χ4v) is 2.73. The summed E-state index contributed by atoms with van der Waals surface area (Å²) in [5, 5.41) is 31.6. The summed E-state index contributed by atoms with van der Waals surface area (Å²) in [4.78, 5) is 45.3. The molecular formula is C15H19N5O7. The minimum Gasteiger partial charge on any atom is -0.481 e. The van der Waals surface area contributed by atoms with Gasteiger partial charge in [0.25, 0.3) is 5.56 Å². The van der Waals surface area contributed by atoms with Gasteiger partial charge in [0.2, 0.25) is 11.9 Å². The van der Waals surface area contributed by atoms with Crippen molar-refractivity contribution >= 4 is 29.0 Å². The monoisotopic (exact) mass is 381 g/mol. The molecule has 12 nitrogen and oxygen atoms in total. The number of aromatic nitrogens is 4. The van der Waals surface area contributed by atoms with E-state index in [9.17, 15) is 24.6 Å². The average Bonchev–Trinajstić information content (AvgIpc) is 3.11. The van der Waals surface area contributed by atoms with Crippen molar-refractivity contribution in [3.63, 3.8) is 0 Å². The summed E-state index contributed by atoms with van der Waals surface area (Å²) in [6.45, 7) is 3.34. The summed E-state index contributed by atoms with van der Waals surface area (Å²) in [5.41, 5.74) is -0.678. The quantitative estimate of drug-likeness (QED) is 0.425. The Kier molecular flexibility index (Phi) is 4.95. The van der Waals surface area contributed by atoms with E-state index in [1.807, 2.05) is 0 Å². The zero-order valence-electron chi connectivity index (χ0n) is 14.5. The van der Waals surface area contributed by atoms with Gasteiger partial charge in [-0.05, 0) is 0 Å². The number of anilines is 1. The third-order valence-electron chi connectivity index (χ3n) is 4.19. The summed E-state index contributed by atoms with van der Waals surface area (Å²) >= 11 is 0. The Morgan fingerprint density at radius 1 is 1.37 bits per heavy atom. The molecule has 0 spiro atoms. The molecule has 5 N–H and O–H groups in total. The number of carboxylic acids is 1. The van der Waals surface area contributed by atoms with Gasteiger partial charge in [0.1, 0.15) is 12.2 Å². The van der Waals surface area contributed by atoms with Crippen molar-refractivity contribution in [1.29, 1.82) is 0 Å². The minimum absolute atomic E-state index is 0.00466. The molecule has 0 radical (unpaired) electrons. The number of carbonyl (C=O) groups is 2. The molecule has 3 heterocycles. The lowest BCUT2D eigenvalue weighted by Crippen LogP contribution is -2.32. The Hall–Kier alpha value is -2.83. The highest BCUT2D eigenvalue weighted by Gasteiger charge is 2.45. The second-order valence-electron chi connectivity index (χ2n) is 6.53. The van der Waals surface area contributed by atoms with Gasteiger partial charge in [0.05, 0.1) is 18.9 Å². The number of carbonyl (C=O) groups excluding carboxylic acids is 1. The number of aromatic amines is 1. The molecule has 3 rings (SSSR count). The average molecular weight is 381 g/mol. The predicted octanol–water partition coefficient (Wildman–Crippen LogP) is -1.19. The van der Waals surface area contributed by atoms with Crippen LogP contribution in [-0.2, 0) is 14.3 Å². The van der Waals surface area contributed by atoms with Crippen LogP contribution in [0.25, 0.3) is 11.2 Å². The van der Waals surface area contributed by atoms with Crippen molar-refractivity contribution < 1.29 is 29.6 Å². The largest absolute Gasteiger partial charge is 0.481 e. The minimum atomic E-state index is -1.46. The van der Waals surface area contributed by atoms with Crippen LogP contribution in [0.15, 0.2) is 11.1 Å². The van der Waals surface area contributed by atoms with Crippen LogP contribution in [0.2, 0.25) is 0 Å². The van der Waals surface area contributed by atoms with Gasteiger partial charge in [-0.2, -0.15) is 4.98 Å². The first-order valence-electron chi connectivity index (χ1n) is 8.20. The van der Waals surface area contributed by atoms with Crippen LogP contribution >= 0.6 is 0 Å². The van der Waals surface area contributed by atoms with E-state index in [1.165, 1.54) is 10.9 Å². The molecular weight excluding hydrogens is 362 g/mol. The lowest BCUT2D eigenvalue weighted by Gasteiger charge is -2.16. The topological polar surface area (TPSA) is 180 Å². The number of rotatable bonds is 5. The normalized spacial score (nSPS) is 25.2. The van der Waals surface area contributed by atoms with Crippen LogP contribution in [0.3, 0.4) is 0 Å². The standard InChI is InChI=1S/C15H19N5O7/c1-5(2)12(25)18-15-17-11-8(13(26)19-15)16-4-20(11)14-10(24)9(23)6(27-14)3-7(21)22/h4-6,9-10,14,23-24H,3H2,1-2H3,(H,21,22)(H2,17,18,19,25,26)/t6-,9-,10-,14-/m1/s1. The number of amides is 1. The maximum atomic E-state index is 12.2. The van der Waals surface area contributed by atoms with E-state index in [4.69, 9.17) is 9.84 Å². The third-order valence-corrected chi connectivity index (χ3v) is 4.19. The number of aliphatic carboxylic acids is 1. The number of aliphatic hydroxyl groups is 2. The van der Waals surface area contributed by atoms with Gasteiger partial charge in [-0.25, -0.2) is 4.98 Å². The molecule has 1 amide bonds. The van der Waals surface area contributed by atoms with Crippen molar-refractivity contribution in [2.24, 2.45) is 5.92 Å². The Balaban J connectivity index is 1.98. The van der Waals surface area contributed by atoms with Crippen LogP contribution in [0.1, 0.15) is 26.5 Å². The van der Waals surface area contributed by atoms with Gasteiger partial charge in [0, 0.05) is 5.92 Å². The predicted molar refractivity (Wildman–Crippen MR) is 89.8 cm³/mol. The van der Waals surface area contributed by atoms with Gasteiger partial charge in [-0.1, -0.05) is 13.8 Å². The van der Waals surface area contributed by atoms with E-state index in [1.54, 1.807) is 13.8 Å². The SMILES string of the molecule is CC(C)C(=O)Nc1nc2c(ncn2[C@@H]2O[C@H](CC(=O)O)[C@@H](O)[C@H]2O)c(=O)[nH]1. The Morgan fingerprint density at radius 2 is 2.07 bits per heavy atom. The lowest BCUT2D eigenvalue weighted by molar-refractivity contribution is -0.141. The summed E-state index contributed by atoms with van der Waals surface area (Å²) in [6, 6.07) is 0. The molecule has 1 fully saturated rings. The number of aliphatic hydroxyl groups excluding tert-OH is 2. The number of nitrogens with one attached hydrogen (secondary N) is 2. The van der Waals surface area contributed by atoms with Gasteiger partial charge in [-0.3, -0.25) is 29.3 Å². The lowest BCUT2D eigenvalue weighted by atomic mass is 10.1. The fraction of sp³-hybridized carbons (Fsp3) is 0.533. The summed E-state index contributed by atoms with van der Waals surface area (Å²) in [6.07, 6.45) is -4.55. The molecule has 0 aromatic carbocycles.